The van der Waals surface area contributed by atoms with E-state index in [0.29, 0.717) is 6.42 Å². The fourth-order valence-corrected chi connectivity index (χ4v) is 3.81. The first-order valence-electron chi connectivity index (χ1n) is 6.44. The third-order valence-corrected chi connectivity index (χ3v) is 4.90. The third-order valence-electron chi connectivity index (χ3n) is 3.98. The van der Waals surface area contributed by atoms with E-state index >= 15 is 0 Å². The average molecular weight is 267 g/mol. The largest absolute Gasteiger partial charge is 0.341 e. The molecule has 1 aliphatic carbocycles. The molecular weight excluding hydrogens is 254 g/mol. The number of Topliss-reactive ketones (excluding diaryl/α,β-unsaturated/α-hetero) is 1. The lowest BCUT2D eigenvalue weighted by atomic mass is 10.1. The van der Waals surface area contributed by atoms with Crippen LogP contribution in [0.15, 0.2) is 35.7 Å². The van der Waals surface area contributed by atoms with Gasteiger partial charge in [-0.05, 0) is 41.1 Å². The molecule has 0 spiro atoms. The summed E-state index contributed by atoms with van der Waals surface area (Å²) in [5.74, 6) is 0.284. The molecule has 2 aromatic heterocycles. The zero-order valence-corrected chi connectivity index (χ0v) is 11.5. The van der Waals surface area contributed by atoms with Gasteiger partial charge in [0.05, 0.1) is 5.69 Å². The van der Waals surface area contributed by atoms with Crippen LogP contribution in [-0.4, -0.2) is 10.4 Å². The second-order valence-corrected chi connectivity index (χ2v) is 5.97. The summed E-state index contributed by atoms with van der Waals surface area (Å²) in [6.45, 7) is 0. The predicted octanol–water partition coefficient (Wildman–Crippen LogP) is 4.04. The van der Waals surface area contributed by atoms with Gasteiger partial charge >= 0.3 is 0 Å². The van der Waals surface area contributed by atoms with Gasteiger partial charge in [0.2, 0.25) is 0 Å². The highest BCUT2D eigenvalue weighted by Crippen LogP contribution is 2.35. The molecule has 0 bridgehead atoms. The molecule has 0 N–H and O–H groups in total. The van der Waals surface area contributed by atoms with Crippen molar-refractivity contribution < 1.29 is 4.79 Å². The highest BCUT2D eigenvalue weighted by molar-refractivity contribution is 7.13. The van der Waals surface area contributed by atoms with Gasteiger partial charge in [0.25, 0.3) is 0 Å². The van der Waals surface area contributed by atoms with Crippen LogP contribution in [0.5, 0.6) is 0 Å². The van der Waals surface area contributed by atoms with Crippen LogP contribution in [0.1, 0.15) is 22.5 Å². The molecule has 2 heterocycles. The van der Waals surface area contributed by atoms with E-state index in [4.69, 9.17) is 0 Å². The van der Waals surface area contributed by atoms with Crippen LogP contribution >= 0.6 is 11.3 Å². The Bertz CT molecular complexity index is 796. The first-order chi connectivity index (χ1) is 9.25. The van der Waals surface area contributed by atoms with Crippen LogP contribution in [0.2, 0.25) is 0 Å². The molecule has 3 heteroatoms. The summed E-state index contributed by atoms with van der Waals surface area (Å²) in [6, 6.07) is 10.7. The number of nitrogens with zero attached hydrogens (tertiary/aromatic N) is 1. The summed E-state index contributed by atoms with van der Waals surface area (Å²) in [5, 5.41) is 3.34. The number of thiophene rings is 1. The number of ketones is 1. The molecule has 0 saturated heterocycles. The van der Waals surface area contributed by atoms with Gasteiger partial charge in [0.15, 0.2) is 5.78 Å². The lowest BCUT2D eigenvalue weighted by Crippen LogP contribution is -2.00. The van der Waals surface area contributed by atoms with Crippen molar-refractivity contribution in [2.75, 3.05) is 0 Å². The van der Waals surface area contributed by atoms with E-state index in [9.17, 15) is 4.79 Å². The molecule has 0 radical (unpaired) electrons. The van der Waals surface area contributed by atoms with Gasteiger partial charge in [-0.1, -0.05) is 12.1 Å². The van der Waals surface area contributed by atoms with E-state index < -0.39 is 0 Å². The Morgan fingerprint density at radius 3 is 2.89 bits per heavy atom. The zero-order valence-electron chi connectivity index (χ0n) is 10.6. The number of hydrogen-bond acceptors (Lipinski definition) is 2. The molecule has 0 atom stereocenters. The van der Waals surface area contributed by atoms with Gasteiger partial charge in [0, 0.05) is 29.2 Å². The number of aromatic nitrogens is 1. The highest BCUT2D eigenvalue weighted by Gasteiger charge is 2.26. The van der Waals surface area contributed by atoms with E-state index in [1.54, 1.807) is 11.3 Å². The molecule has 1 aromatic carbocycles. The van der Waals surface area contributed by atoms with Crippen LogP contribution in [0.4, 0.5) is 0 Å². The molecule has 2 nitrogen and oxygen atoms in total. The lowest BCUT2D eigenvalue weighted by molar-refractivity contribution is 0.0987. The molecule has 0 saturated carbocycles. The molecular formula is C16H13NOS. The average Bonchev–Trinajstić information content (AvgIpc) is 3.10. The van der Waals surface area contributed by atoms with Crippen LogP contribution in [0.3, 0.4) is 0 Å². The van der Waals surface area contributed by atoms with E-state index in [0.717, 1.165) is 12.1 Å². The van der Waals surface area contributed by atoms with Crippen molar-refractivity contribution in [3.05, 3.63) is 47.0 Å². The van der Waals surface area contributed by atoms with Crippen molar-refractivity contribution in [1.29, 1.82) is 0 Å². The Kier molecular flexibility index (Phi) is 2.21. The third kappa shape index (κ3) is 1.45. The number of fused-ring (bicyclic) bond motifs is 3. The fraction of sp³-hybridized carbons (Fsp3) is 0.188. The van der Waals surface area contributed by atoms with Crippen LogP contribution in [0.25, 0.3) is 21.3 Å². The van der Waals surface area contributed by atoms with Crippen LogP contribution in [0, 0.1) is 0 Å². The molecule has 3 aromatic rings. The number of aryl methyl sites for hydroxylation is 2. The van der Waals surface area contributed by atoms with Gasteiger partial charge in [-0.3, -0.25) is 4.79 Å². The summed E-state index contributed by atoms with van der Waals surface area (Å²) in [4.78, 5) is 13.2. The Morgan fingerprint density at radius 2 is 2.11 bits per heavy atom. The molecule has 0 amide bonds. The second kappa shape index (κ2) is 3.81. The Hall–Kier alpha value is -1.87. The first kappa shape index (κ1) is 11.0. The van der Waals surface area contributed by atoms with Crippen molar-refractivity contribution in [3.8, 4) is 10.4 Å². The Labute approximate surface area is 115 Å². The van der Waals surface area contributed by atoms with Gasteiger partial charge in [-0.15, -0.1) is 11.3 Å². The summed E-state index contributed by atoms with van der Waals surface area (Å²) < 4.78 is 2.05. The first-order valence-corrected chi connectivity index (χ1v) is 7.32. The van der Waals surface area contributed by atoms with E-state index in [1.807, 2.05) is 7.05 Å². The summed E-state index contributed by atoms with van der Waals surface area (Å²) in [6.07, 6.45) is 1.55. The number of benzene rings is 1. The monoisotopic (exact) mass is 267 g/mol. The van der Waals surface area contributed by atoms with Crippen molar-refractivity contribution in [2.24, 2.45) is 7.05 Å². The molecule has 94 valence electrons. The van der Waals surface area contributed by atoms with Crippen molar-refractivity contribution in [2.45, 2.75) is 12.8 Å². The van der Waals surface area contributed by atoms with E-state index in [2.05, 4.69) is 40.3 Å². The summed E-state index contributed by atoms with van der Waals surface area (Å²) in [7, 11) is 2.00. The molecule has 0 aliphatic heterocycles. The minimum Gasteiger partial charge on any atom is -0.341 e. The summed E-state index contributed by atoms with van der Waals surface area (Å²) >= 11 is 1.75. The second-order valence-electron chi connectivity index (χ2n) is 5.02. The highest BCUT2D eigenvalue weighted by atomic mass is 32.1. The number of rotatable bonds is 1. The predicted molar refractivity (Wildman–Crippen MR) is 78.9 cm³/mol. The Morgan fingerprint density at radius 1 is 1.21 bits per heavy atom. The van der Waals surface area contributed by atoms with Crippen molar-refractivity contribution >= 4 is 28.0 Å². The van der Waals surface area contributed by atoms with E-state index in [1.165, 1.54) is 26.9 Å². The van der Waals surface area contributed by atoms with Crippen molar-refractivity contribution in [1.82, 2.24) is 4.57 Å². The normalized spacial score (nSPS) is 14.3. The SMILES string of the molecule is Cn1c2c(c3cc(-c4cccs4)ccc31)CCC2=O. The molecule has 0 unspecified atom stereocenters. The number of carbonyl (C=O) groups excluding carboxylic acids is 1. The minimum atomic E-state index is 0.284. The minimum absolute atomic E-state index is 0.284. The van der Waals surface area contributed by atoms with Crippen LogP contribution in [-0.2, 0) is 13.5 Å². The van der Waals surface area contributed by atoms with E-state index in [-0.39, 0.29) is 5.78 Å². The van der Waals surface area contributed by atoms with Crippen molar-refractivity contribution in [3.63, 3.8) is 0 Å². The molecule has 1 aliphatic rings. The fourth-order valence-electron chi connectivity index (χ4n) is 3.08. The number of hydrogen-bond donors (Lipinski definition) is 0. The van der Waals surface area contributed by atoms with Crippen LogP contribution < -0.4 is 0 Å². The molecule has 4 rings (SSSR count). The quantitative estimate of drug-likeness (QED) is 0.652. The van der Waals surface area contributed by atoms with Gasteiger partial charge in [0.1, 0.15) is 0 Å². The maximum absolute atomic E-state index is 12.0. The number of carbonyl (C=O) groups is 1. The Balaban J connectivity index is 2.02. The van der Waals surface area contributed by atoms with Gasteiger partial charge in [-0.2, -0.15) is 0 Å². The summed E-state index contributed by atoms with van der Waals surface area (Å²) in [5.41, 5.74) is 4.56. The van der Waals surface area contributed by atoms with Gasteiger partial charge in [-0.25, -0.2) is 0 Å². The molecule has 19 heavy (non-hydrogen) atoms. The lowest BCUT2D eigenvalue weighted by Gasteiger charge is -2.02. The topological polar surface area (TPSA) is 22.0 Å². The standard InChI is InChI=1S/C16H13NOS/c1-17-13-6-4-10(15-3-2-8-19-15)9-12(13)11-5-7-14(18)16(11)17/h2-4,6,8-9H,5,7H2,1H3. The van der Waals surface area contributed by atoms with Gasteiger partial charge < -0.3 is 4.57 Å². The maximum Gasteiger partial charge on any atom is 0.179 e. The molecule has 0 fully saturated rings. The smallest absolute Gasteiger partial charge is 0.179 e. The maximum atomic E-state index is 12.0. The zero-order chi connectivity index (χ0) is 13.0.